The molecular formula is C62H50N2. The van der Waals surface area contributed by atoms with E-state index >= 15 is 0 Å². The number of allylic oxidation sites excluding steroid dienone is 8. The first-order valence-corrected chi connectivity index (χ1v) is 22.8. The summed E-state index contributed by atoms with van der Waals surface area (Å²) in [4.78, 5) is 4.91. The molecule has 4 aliphatic rings. The Balaban J connectivity index is 0.000000329. The fourth-order valence-corrected chi connectivity index (χ4v) is 10.1. The molecule has 4 aliphatic carbocycles. The van der Waals surface area contributed by atoms with Crippen LogP contribution in [0.25, 0.3) is 33.4 Å². The van der Waals surface area contributed by atoms with E-state index in [4.69, 9.17) is 0 Å². The van der Waals surface area contributed by atoms with Gasteiger partial charge in [-0.3, -0.25) is 0 Å². The molecule has 0 heterocycles. The molecule has 2 nitrogen and oxygen atoms in total. The van der Waals surface area contributed by atoms with E-state index in [1.165, 1.54) is 89.8 Å². The summed E-state index contributed by atoms with van der Waals surface area (Å²) in [7, 11) is 0. The lowest BCUT2D eigenvalue weighted by Gasteiger charge is -2.31. The number of hydrogen-bond acceptors (Lipinski definition) is 2. The lowest BCUT2D eigenvalue weighted by atomic mass is 9.94. The third-order valence-corrected chi connectivity index (χ3v) is 13.2. The fraction of sp³-hybridized carbons (Fsp3) is 0.0968. The molecule has 0 amide bonds. The zero-order valence-corrected chi connectivity index (χ0v) is 36.1. The summed E-state index contributed by atoms with van der Waals surface area (Å²) in [6, 6.07) is 78.6. The Morgan fingerprint density at radius 1 is 0.266 bits per heavy atom. The minimum atomic E-state index is 1.03. The van der Waals surface area contributed by atoms with Crippen LogP contribution in [-0.2, 0) is 12.8 Å². The summed E-state index contributed by atoms with van der Waals surface area (Å²) < 4.78 is 0. The molecule has 0 radical (unpaired) electrons. The zero-order chi connectivity index (χ0) is 42.7. The van der Waals surface area contributed by atoms with E-state index in [1.54, 1.807) is 11.1 Å². The summed E-state index contributed by atoms with van der Waals surface area (Å²) in [6.07, 6.45) is 11.3. The quantitative estimate of drug-likeness (QED) is 0.151. The molecule has 0 aromatic heterocycles. The van der Waals surface area contributed by atoms with Gasteiger partial charge in [-0.1, -0.05) is 181 Å². The molecule has 0 saturated heterocycles. The van der Waals surface area contributed by atoms with Gasteiger partial charge in [0.1, 0.15) is 0 Å². The van der Waals surface area contributed by atoms with Crippen LogP contribution in [0.5, 0.6) is 0 Å². The molecule has 64 heavy (non-hydrogen) atoms. The zero-order valence-electron chi connectivity index (χ0n) is 36.1. The summed E-state index contributed by atoms with van der Waals surface area (Å²) in [6.45, 7) is 0. The molecule has 0 bridgehead atoms. The van der Waals surface area contributed by atoms with Crippen molar-refractivity contribution in [2.24, 2.45) is 0 Å². The van der Waals surface area contributed by atoms with Gasteiger partial charge >= 0.3 is 0 Å². The van der Waals surface area contributed by atoms with Crippen LogP contribution in [0.2, 0.25) is 0 Å². The topological polar surface area (TPSA) is 6.48 Å². The van der Waals surface area contributed by atoms with E-state index in [2.05, 4.69) is 228 Å². The van der Waals surface area contributed by atoms with Crippen LogP contribution in [0.4, 0.5) is 22.7 Å². The van der Waals surface area contributed by atoms with Gasteiger partial charge in [0.05, 0.1) is 0 Å². The van der Waals surface area contributed by atoms with Crippen LogP contribution in [0.3, 0.4) is 0 Å². The highest BCUT2D eigenvalue weighted by molar-refractivity contribution is 5.88. The molecule has 0 fully saturated rings. The molecule has 12 rings (SSSR count). The van der Waals surface area contributed by atoms with Crippen molar-refractivity contribution in [2.45, 2.75) is 38.5 Å². The molecule has 0 aliphatic heterocycles. The number of hydrogen-bond donors (Lipinski definition) is 0. The van der Waals surface area contributed by atoms with E-state index in [0.29, 0.717) is 0 Å². The predicted molar refractivity (Wildman–Crippen MR) is 270 cm³/mol. The van der Waals surface area contributed by atoms with Crippen molar-refractivity contribution in [3.05, 3.63) is 275 Å². The van der Waals surface area contributed by atoms with Gasteiger partial charge in [-0.15, -0.1) is 0 Å². The maximum absolute atomic E-state index is 2.46. The summed E-state index contributed by atoms with van der Waals surface area (Å²) in [5.41, 5.74) is 24.2. The largest absolute Gasteiger partial charge is 0.314 e. The molecule has 0 spiro atoms. The molecule has 0 atom stereocenters. The summed E-state index contributed by atoms with van der Waals surface area (Å²) >= 11 is 0. The third-order valence-electron chi connectivity index (χ3n) is 13.2. The second-order valence-corrected chi connectivity index (χ2v) is 17.1. The lowest BCUT2D eigenvalue weighted by Crippen LogP contribution is -2.18. The van der Waals surface area contributed by atoms with Gasteiger partial charge in [-0.05, 0) is 155 Å². The monoisotopic (exact) mass is 822 g/mol. The highest BCUT2D eigenvalue weighted by Crippen LogP contribution is 2.45. The van der Waals surface area contributed by atoms with Crippen molar-refractivity contribution in [2.75, 3.05) is 9.80 Å². The Kier molecular flexibility index (Phi) is 10.8. The van der Waals surface area contributed by atoms with Crippen LogP contribution in [0.15, 0.2) is 253 Å². The fourth-order valence-electron chi connectivity index (χ4n) is 10.1. The number of para-hydroxylation sites is 2. The van der Waals surface area contributed by atoms with Gasteiger partial charge in [0.2, 0.25) is 0 Å². The molecule has 308 valence electrons. The Bertz CT molecular complexity index is 2840. The van der Waals surface area contributed by atoms with Crippen molar-refractivity contribution >= 4 is 33.9 Å². The highest BCUT2D eigenvalue weighted by atomic mass is 15.2. The van der Waals surface area contributed by atoms with Crippen molar-refractivity contribution in [1.82, 2.24) is 0 Å². The normalized spacial score (nSPS) is 14.6. The second kappa shape index (κ2) is 17.6. The number of anilines is 4. The van der Waals surface area contributed by atoms with Gasteiger partial charge in [-0.2, -0.15) is 0 Å². The van der Waals surface area contributed by atoms with Crippen molar-refractivity contribution in [3.63, 3.8) is 0 Å². The second-order valence-electron chi connectivity index (χ2n) is 17.1. The van der Waals surface area contributed by atoms with Crippen LogP contribution >= 0.6 is 0 Å². The van der Waals surface area contributed by atoms with E-state index in [1.807, 2.05) is 12.1 Å². The van der Waals surface area contributed by atoms with Crippen molar-refractivity contribution in [3.8, 4) is 22.3 Å². The molecule has 0 saturated carbocycles. The van der Waals surface area contributed by atoms with Gasteiger partial charge < -0.3 is 9.80 Å². The van der Waals surface area contributed by atoms with Gasteiger partial charge in [0, 0.05) is 34.1 Å². The summed E-state index contributed by atoms with van der Waals surface area (Å²) in [5, 5.41) is 0. The van der Waals surface area contributed by atoms with E-state index in [9.17, 15) is 0 Å². The van der Waals surface area contributed by atoms with E-state index < -0.39 is 0 Å². The maximum Gasteiger partial charge on any atom is 0.0458 e. The molecule has 0 unspecified atom stereocenters. The van der Waals surface area contributed by atoms with Crippen LogP contribution in [0, 0.1) is 0 Å². The third kappa shape index (κ3) is 7.84. The van der Waals surface area contributed by atoms with Crippen LogP contribution in [0.1, 0.15) is 47.9 Å². The molecule has 0 N–H and O–H groups in total. The Morgan fingerprint density at radius 2 is 0.578 bits per heavy atom. The highest BCUT2D eigenvalue weighted by Gasteiger charge is 2.28. The Labute approximate surface area is 378 Å². The average molecular weight is 823 g/mol. The lowest BCUT2D eigenvalue weighted by molar-refractivity contribution is 0.863. The summed E-state index contributed by atoms with van der Waals surface area (Å²) in [5.74, 6) is 0. The number of nitrogens with zero attached hydrogens (tertiary/aromatic N) is 2. The van der Waals surface area contributed by atoms with E-state index in [-0.39, 0.29) is 0 Å². The predicted octanol–water partition coefficient (Wildman–Crippen LogP) is 16.4. The number of rotatable bonds is 8. The molecular weight excluding hydrogens is 773 g/mol. The van der Waals surface area contributed by atoms with Crippen LogP contribution in [-0.4, -0.2) is 0 Å². The van der Waals surface area contributed by atoms with Crippen molar-refractivity contribution in [1.29, 1.82) is 0 Å². The Morgan fingerprint density at radius 3 is 0.969 bits per heavy atom. The van der Waals surface area contributed by atoms with Crippen LogP contribution < -0.4 is 9.80 Å². The number of benzene rings is 8. The van der Waals surface area contributed by atoms with Gasteiger partial charge in [0.25, 0.3) is 0 Å². The minimum Gasteiger partial charge on any atom is -0.314 e. The number of fused-ring (bicyclic) bond motifs is 4. The smallest absolute Gasteiger partial charge is 0.0458 e. The maximum atomic E-state index is 2.46. The Hall–Kier alpha value is -7.68. The SMILES string of the molecule is C1=C(N(c2ccccc2)c2ccc(-c3ccc(N(C4=CC5=C(CC4)Cc4ccccc45)c4ccccc4)cc3)cc2)CCC2=C1c1ccccc1C2.c1ccc(-c2ccccc2)cc1. The first-order valence-electron chi connectivity index (χ1n) is 22.8. The molecule has 8 aromatic rings. The standard InChI is InChI=1S/C50H40N2.C12H10/c1-3-13-41(14-4-1)51(45-29-23-39-31-37-11-7-9-17-47(37)49(39)33-45)43-25-19-35(20-26-43)36-21-27-44(28-22-36)52(42-15-5-2-6-16-42)46-30-24-40-32-38-12-8-10-18-48(38)50(40)34-46;1-3-7-11(8-4-1)12-9-5-2-6-10-12/h1-22,25-28,33-34H,23-24,29-32H2;1-10H. The van der Waals surface area contributed by atoms with Gasteiger partial charge in [-0.25, -0.2) is 0 Å². The first-order chi connectivity index (χ1) is 31.7. The van der Waals surface area contributed by atoms with E-state index in [0.717, 1.165) is 38.5 Å². The van der Waals surface area contributed by atoms with Crippen molar-refractivity contribution < 1.29 is 0 Å². The average Bonchev–Trinajstić information content (AvgIpc) is 3.94. The molecule has 8 aromatic carbocycles. The first kappa shape index (κ1) is 39.2. The van der Waals surface area contributed by atoms with Gasteiger partial charge in [0.15, 0.2) is 0 Å². The minimum absolute atomic E-state index is 1.03. The molecule has 2 heteroatoms.